The van der Waals surface area contributed by atoms with Gasteiger partial charge in [-0.2, -0.15) is 0 Å². The van der Waals surface area contributed by atoms with Gasteiger partial charge >= 0.3 is 0 Å². The van der Waals surface area contributed by atoms with Crippen LogP contribution in [0.25, 0.3) is 0 Å². The third-order valence-corrected chi connectivity index (χ3v) is 3.36. The normalized spacial score (nSPS) is 11.9. The molecule has 0 aliphatic carbocycles. The van der Waals surface area contributed by atoms with Crippen LogP contribution in [0.3, 0.4) is 0 Å². The highest BCUT2D eigenvalue weighted by molar-refractivity contribution is 9.10. The standard InChI is InChI=1S/C16H15BrO2/c1-11-3-5-13(6-4-11)16(18)12(2)19-15-9-7-14(17)8-10-15/h3-10,12H,1-2H3/t12-/m0/s1. The van der Waals surface area contributed by atoms with E-state index in [2.05, 4.69) is 15.9 Å². The molecule has 0 fully saturated rings. The zero-order chi connectivity index (χ0) is 13.8. The Bertz CT molecular complexity index is 558. The molecule has 0 saturated heterocycles. The van der Waals surface area contributed by atoms with Gasteiger partial charge in [0.1, 0.15) is 5.75 Å². The summed E-state index contributed by atoms with van der Waals surface area (Å²) >= 11 is 3.36. The lowest BCUT2D eigenvalue weighted by molar-refractivity contribution is 0.0818. The molecule has 2 aromatic rings. The van der Waals surface area contributed by atoms with Gasteiger partial charge < -0.3 is 4.74 Å². The number of ether oxygens (including phenoxy) is 1. The average molecular weight is 319 g/mol. The molecule has 2 rings (SSSR count). The van der Waals surface area contributed by atoms with Crippen LogP contribution in [0.1, 0.15) is 22.8 Å². The number of aryl methyl sites for hydroxylation is 1. The number of ketones is 1. The van der Waals surface area contributed by atoms with E-state index in [1.54, 1.807) is 6.92 Å². The fourth-order valence-corrected chi connectivity index (χ4v) is 1.99. The van der Waals surface area contributed by atoms with Gasteiger partial charge in [-0.15, -0.1) is 0 Å². The van der Waals surface area contributed by atoms with Gasteiger partial charge in [-0.05, 0) is 38.1 Å². The number of Topliss-reactive ketones (excluding diaryl/α,β-unsaturated/α-hetero) is 1. The van der Waals surface area contributed by atoms with E-state index in [0.29, 0.717) is 11.3 Å². The van der Waals surface area contributed by atoms with Crippen LogP contribution in [0, 0.1) is 6.92 Å². The summed E-state index contributed by atoms with van der Waals surface area (Å²) in [6.45, 7) is 3.76. The molecule has 0 radical (unpaired) electrons. The lowest BCUT2D eigenvalue weighted by atomic mass is 10.1. The molecule has 19 heavy (non-hydrogen) atoms. The molecule has 0 aromatic heterocycles. The van der Waals surface area contributed by atoms with Crippen molar-refractivity contribution in [3.8, 4) is 5.75 Å². The van der Waals surface area contributed by atoms with Gasteiger partial charge in [0.05, 0.1) is 0 Å². The van der Waals surface area contributed by atoms with Gasteiger partial charge in [0.25, 0.3) is 0 Å². The number of halogens is 1. The summed E-state index contributed by atoms with van der Waals surface area (Å²) in [5, 5.41) is 0. The van der Waals surface area contributed by atoms with E-state index in [1.165, 1.54) is 0 Å². The second kappa shape index (κ2) is 6.02. The molecule has 0 spiro atoms. The van der Waals surface area contributed by atoms with E-state index in [0.717, 1.165) is 10.0 Å². The summed E-state index contributed by atoms with van der Waals surface area (Å²) in [4.78, 5) is 12.2. The minimum atomic E-state index is -0.496. The number of rotatable bonds is 4. The smallest absolute Gasteiger partial charge is 0.202 e. The molecule has 0 aliphatic rings. The molecular weight excluding hydrogens is 304 g/mol. The minimum Gasteiger partial charge on any atom is -0.483 e. The van der Waals surface area contributed by atoms with E-state index < -0.39 is 6.10 Å². The van der Waals surface area contributed by atoms with Crippen molar-refractivity contribution >= 4 is 21.7 Å². The maximum absolute atomic E-state index is 12.2. The molecule has 2 aromatic carbocycles. The van der Waals surface area contributed by atoms with Crippen LogP contribution in [0.4, 0.5) is 0 Å². The van der Waals surface area contributed by atoms with Crippen LogP contribution in [-0.2, 0) is 0 Å². The molecule has 98 valence electrons. The monoisotopic (exact) mass is 318 g/mol. The van der Waals surface area contributed by atoms with Gasteiger partial charge in [0, 0.05) is 10.0 Å². The van der Waals surface area contributed by atoms with Crippen molar-refractivity contribution in [2.75, 3.05) is 0 Å². The number of carbonyl (C=O) groups is 1. The van der Waals surface area contributed by atoms with Crippen molar-refractivity contribution in [2.24, 2.45) is 0 Å². The lowest BCUT2D eigenvalue weighted by Gasteiger charge is -2.13. The summed E-state index contributed by atoms with van der Waals surface area (Å²) in [5.41, 5.74) is 1.81. The maximum atomic E-state index is 12.2. The Labute approximate surface area is 121 Å². The minimum absolute atomic E-state index is 0.0112. The summed E-state index contributed by atoms with van der Waals surface area (Å²) < 4.78 is 6.63. The Kier molecular flexibility index (Phi) is 4.38. The van der Waals surface area contributed by atoms with Crippen LogP contribution in [0.2, 0.25) is 0 Å². The zero-order valence-corrected chi connectivity index (χ0v) is 12.5. The Morgan fingerprint density at radius 2 is 1.63 bits per heavy atom. The predicted octanol–water partition coefficient (Wildman–Crippen LogP) is 4.41. The quantitative estimate of drug-likeness (QED) is 0.781. The van der Waals surface area contributed by atoms with Crippen molar-refractivity contribution in [1.29, 1.82) is 0 Å². The van der Waals surface area contributed by atoms with E-state index in [-0.39, 0.29) is 5.78 Å². The molecule has 1 atom stereocenters. The topological polar surface area (TPSA) is 26.3 Å². The first kappa shape index (κ1) is 13.8. The molecule has 0 aliphatic heterocycles. The van der Waals surface area contributed by atoms with E-state index in [4.69, 9.17) is 4.74 Å². The SMILES string of the molecule is Cc1ccc(C(=O)[C@H](C)Oc2ccc(Br)cc2)cc1. The highest BCUT2D eigenvalue weighted by Crippen LogP contribution is 2.18. The summed E-state index contributed by atoms with van der Waals surface area (Å²) in [7, 11) is 0. The van der Waals surface area contributed by atoms with Crippen LogP contribution < -0.4 is 4.74 Å². The molecule has 3 heteroatoms. The van der Waals surface area contributed by atoms with Gasteiger partial charge in [-0.1, -0.05) is 45.8 Å². The van der Waals surface area contributed by atoms with Crippen LogP contribution in [0.15, 0.2) is 53.0 Å². The van der Waals surface area contributed by atoms with E-state index in [1.807, 2.05) is 55.5 Å². The summed E-state index contributed by atoms with van der Waals surface area (Å²) in [5.74, 6) is 0.680. The van der Waals surface area contributed by atoms with Gasteiger partial charge in [0.2, 0.25) is 5.78 Å². The molecule has 0 bridgehead atoms. The molecule has 0 unspecified atom stereocenters. The van der Waals surface area contributed by atoms with Gasteiger partial charge in [-0.25, -0.2) is 0 Å². The third kappa shape index (κ3) is 3.67. The van der Waals surface area contributed by atoms with Crippen molar-refractivity contribution < 1.29 is 9.53 Å². The Hall–Kier alpha value is -1.61. The number of hydrogen-bond acceptors (Lipinski definition) is 2. The average Bonchev–Trinajstić information content (AvgIpc) is 2.41. The van der Waals surface area contributed by atoms with Crippen LogP contribution >= 0.6 is 15.9 Å². The van der Waals surface area contributed by atoms with Crippen LogP contribution in [0.5, 0.6) is 5.75 Å². The van der Waals surface area contributed by atoms with Crippen LogP contribution in [-0.4, -0.2) is 11.9 Å². The van der Waals surface area contributed by atoms with Crippen molar-refractivity contribution in [1.82, 2.24) is 0 Å². The van der Waals surface area contributed by atoms with Gasteiger partial charge in [-0.3, -0.25) is 4.79 Å². The molecular formula is C16H15BrO2. The fraction of sp³-hybridized carbons (Fsp3) is 0.188. The second-order valence-electron chi connectivity index (χ2n) is 4.44. The predicted molar refractivity (Wildman–Crippen MR) is 79.7 cm³/mol. The number of hydrogen-bond donors (Lipinski definition) is 0. The highest BCUT2D eigenvalue weighted by Gasteiger charge is 2.16. The lowest BCUT2D eigenvalue weighted by Crippen LogP contribution is -2.23. The van der Waals surface area contributed by atoms with Crippen molar-refractivity contribution in [2.45, 2.75) is 20.0 Å². The third-order valence-electron chi connectivity index (χ3n) is 2.83. The first-order valence-electron chi connectivity index (χ1n) is 6.09. The van der Waals surface area contributed by atoms with Crippen molar-refractivity contribution in [3.05, 3.63) is 64.1 Å². The Morgan fingerprint density at radius 3 is 2.21 bits per heavy atom. The van der Waals surface area contributed by atoms with Gasteiger partial charge in [0.15, 0.2) is 6.10 Å². The first-order chi connectivity index (χ1) is 9.06. The largest absolute Gasteiger partial charge is 0.483 e. The Morgan fingerprint density at radius 1 is 1.05 bits per heavy atom. The van der Waals surface area contributed by atoms with Crippen molar-refractivity contribution in [3.63, 3.8) is 0 Å². The molecule has 0 amide bonds. The summed E-state index contributed by atoms with van der Waals surface area (Å²) in [6.07, 6.45) is -0.496. The molecule has 0 heterocycles. The van der Waals surface area contributed by atoms with E-state index in [9.17, 15) is 4.79 Å². The molecule has 2 nitrogen and oxygen atoms in total. The first-order valence-corrected chi connectivity index (χ1v) is 6.88. The van der Waals surface area contributed by atoms with E-state index >= 15 is 0 Å². The fourth-order valence-electron chi connectivity index (χ4n) is 1.72. The second-order valence-corrected chi connectivity index (χ2v) is 5.36. The summed E-state index contributed by atoms with van der Waals surface area (Å²) in [6, 6.07) is 15.0. The molecule has 0 saturated carbocycles. The maximum Gasteiger partial charge on any atom is 0.202 e. The Balaban J connectivity index is 2.07. The molecule has 0 N–H and O–H groups in total. The number of carbonyl (C=O) groups excluding carboxylic acids is 1. The number of benzene rings is 2. The zero-order valence-electron chi connectivity index (χ0n) is 10.9. The highest BCUT2D eigenvalue weighted by atomic mass is 79.9.